The Balaban J connectivity index is 2.82. The van der Waals surface area contributed by atoms with Gasteiger partial charge >= 0.3 is 5.97 Å². The summed E-state index contributed by atoms with van der Waals surface area (Å²) < 4.78 is 5.81. The van der Waals surface area contributed by atoms with E-state index in [2.05, 4.69) is 29.2 Å². The van der Waals surface area contributed by atoms with E-state index in [9.17, 15) is 9.90 Å². The molecule has 0 bridgehead atoms. The first-order chi connectivity index (χ1) is 7.41. The maximum atomic E-state index is 11.1. The van der Waals surface area contributed by atoms with Gasteiger partial charge in [0.2, 0.25) is 0 Å². The van der Waals surface area contributed by atoms with E-state index in [0.717, 1.165) is 9.13 Å². The Kier molecular flexibility index (Phi) is 4.61. The number of ether oxygens (including phenoxy) is 1. The summed E-state index contributed by atoms with van der Waals surface area (Å²) in [6, 6.07) is 3.58. The molecule has 1 aromatic carbocycles. The largest absolute Gasteiger partial charge is 0.507 e. The van der Waals surface area contributed by atoms with Gasteiger partial charge in [-0.25, -0.2) is 4.79 Å². The van der Waals surface area contributed by atoms with Crippen LogP contribution in [0.1, 0.15) is 11.1 Å². The minimum Gasteiger partial charge on any atom is -0.507 e. The first-order valence-electron chi connectivity index (χ1n) is 4.41. The van der Waals surface area contributed by atoms with Crippen molar-refractivity contribution in [3.05, 3.63) is 38.4 Å². The standard InChI is InChI=1S/C11H10ClIO3/c1-6-3-9(13)4-8(10(6)14)5-16-11(15)7(2)12/h3-4,14H,2,5H2,1H3. The average molecular weight is 353 g/mol. The predicted octanol–water partition coefficient (Wildman–Crippen LogP) is 3.10. The van der Waals surface area contributed by atoms with E-state index in [1.165, 1.54) is 0 Å². The molecule has 0 saturated carbocycles. The summed E-state index contributed by atoms with van der Waals surface area (Å²) in [6.07, 6.45) is 0. The highest BCUT2D eigenvalue weighted by atomic mass is 127. The second-order valence-electron chi connectivity index (χ2n) is 3.21. The molecule has 86 valence electrons. The van der Waals surface area contributed by atoms with Crippen LogP contribution >= 0.6 is 34.2 Å². The average Bonchev–Trinajstić information content (AvgIpc) is 2.20. The molecule has 5 heteroatoms. The van der Waals surface area contributed by atoms with E-state index in [4.69, 9.17) is 16.3 Å². The van der Waals surface area contributed by atoms with E-state index < -0.39 is 5.97 Å². The number of benzene rings is 1. The highest BCUT2D eigenvalue weighted by molar-refractivity contribution is 14.1. The van der Waals surface area contributed by atoms with Gasteiger partial charge in [-0.2, -0.15) is 0 Å². The van der Waals surface area contributed by atoms with Gasteiger partial charge < -0.3 is 9.84 Å². The number of rotatable bonds is 3. The van der Waals surface area contributed by atoms with Crippen LogP contribution in [-0.2, 0) is 16.1 Å². The number of phenols is 1. The molecule has 0 saturated heterocycles. The number of hydrogen-bond acceptors (Lipinski definition) is 3. The molecule has 0 fully saturated rings. The van der Waals surface area contributed by atoms with Crippen LogP contribution in [0, 0.1) is 10.5 Å². The Hall–Kier alpha value is -0.750. The van der Waals surface area contributed by atoms with Gasteiger partial charge in [-0.3, -0.25) is 0 Å². The maximum absolute atomic E-state index is 11.1. The number of esters is 1. The lowest BCUT2D eigenvalue weighted by molar-refractivity contribution is -0.139. The van der Waals surface area contributed by atoms with Crippen molar-refractivity contribution in [2.24, 2.45) is 0 Å². The first kappa shape index (κ1) is 13.3. The highest BCUT2D eigenvalue weighted by Crippen LogP contribution is 2.25. The molecular weight excluding hydrogens is 342 g/mol. The van der Waals surface area contributed by atoms with Gasteiger partial charge in [0.1, 0.15) is 17.4 Å². The van der Waals surface area contributed by atoms with Crippen molar-refractivity contribution in [3.8, 4) is 5.75 Å². The SMILES string of the molecule is C=C(Cl)C(=O)OCc1cc(I)cc(C)c1O. The van der Waals surface area contributed by atoms with E-state index in [0.29, 0.717) is 5.56 Å². The third kappa shape index (κ3) is 3.38. The molecule has 0 spiro atoms. The smallest absolute Gasteiger partial charge is 0.349 e. The van der Waals surface area contributed by atoms with Gasteiger partial charge in [0, 0.05) is 9.13 Å². The number of carbonyl (C=O) groups is 1. The fraction of sp³-hybridized carbons (Fsp3) is 0.182. The number of carbonyl (C=O) groups excluding carboxylic acids is 1. The van der Waals surface area contributed by atoms with Crippen LogP contribution in [0.4, 0.5) is 0 Å². The summed E-state index contributed by atoms with van der Waals surface area (Å²) in [7, 11) is 0. The molecule has 16 heavy (non-hydrogen) atoms. The first-order valence-corrected chi connectivity index (χ1v) is 5.87. The van der Waals surface area contributed by atoms with Gasteiger partial charge in [-0.1, -0.05) is 18.2 Å². The van der Waals surface area contributed by atoms with E-state index >= 15 is 0 Å². The summed E-state index contributed by atoms with van der Waals surface area (Å²) in [6.45, 7) is 5.01. The van der Waals surface area contributed by atoms with Crippen molar-refractivity contribution >= 4 is 40.2 Å². The van der Waals surface area contributed by atoms with Crippen LogP contribution in [0.15, 0.2) is 23.7 Å². The molecule has 1 rings (SSSR count). The number of hydrogen-bond donors (Lipinski definition) is 1. The van der Waals surface area contributed by atoms with Gasteiger partial charge in [0.15, 0.2) is 0 Å². The van der Waals surface area contributed by atoms with Gasteiger partial charge in [0.25, 0.3) is 0 Å². The molecule has 0 unspecified atom stereocenters. The molecule has 0 radical (unpaired) electrons. The summed E-state index contributed by atoms with van der Waals surface area (Å²) in [4.78, 5) is 11.1. The van der Waals surface area contributed by atoms with Crippen molar-refractivity contribution in [2.45, 2.75) is 13.5 Å². The predicted molar refractivity (Wildman–Crippen MR) is 70.3 cm³/mol. The lowest BCUT2D eigenvalue weighted by Crippen LogP contribution is -2.04. The van der Waals surface area contributed by atoms with Crippen molar-refractivity contribution in [1.82, 2.24) is 0 Å². The quantitative estimate of drug-likeness (QED) is 0.516. The van der Waals surface area contributed by atoms with Crippen LogP contribution in [0.25, 0.3) is 0 Å². The Labute approximate surface area is 112 Å². The van der Waals surface area contributed by atoms with Crippen molar-refractivity contribution in [2.75, 3.05) is 0 Å². The summed E-state index contributed by atoms with van der Waals surface area (Å²) in [5.74, 6) is -0.550. The molecule has 0 heterocycles. The zero-order chi connectivity index (χ0) is 12.3. The van der Waals surface area contributed by atoms with Crippen LogP contribution < -0.4 is 0 Å². The number of aryl methyl sites for hydroxylation is 1. The molecule has 1 aromatic rings. The Morgan fingerprint density at radius 1 is 1.62 bits per heavy atom. The molecule has 0 aliphatic rings. The molecular formula is C11H10ClIO3. The number of halogens is 2. The van der Waals surface area contributed by atoms with E-state index in [-0.39, 0.29) is 17.4 Å². The zero-order valence-corrected chi connectivity index (χ0v) is 11.5. The minimum atomic E-state index is -0.683. The summed E-state index contributed by atoms with van der Waals surface area (Å²) >= 11 is 7.49. The number of phenolic OH excluding ortho intramolecular Hbond substituents is 1. The van der Waals surface area contributed by atoms with Crippen molar-refractivity contribution in [1.29, 1.82) is 0 Å². The maximum Gasteiger partial charge on any atom is 0.349 e. The highest BCUT2D eigenvalue weighted by Gasteiger charge is 2.10. The van der Waals surface area contributed by atoms with Gasteiger partial charge in [0.05, 0.1) is 0 Å². The molecule has 0 atom stereocenters. The van der Waals surface area contributed by atoms with E-state index in [1.807, 2.05) is 6.07 Å². The third-order valence-electron chi connectivity index (χ3n) is 1.92. The van der Waals surface area contributed by atoms with Crippen molar-refractivity contribution in [3.63, 3.8) is 0 Å². The molecule has 3 nitrogen and oxygen atoms in total. The van der Waals surface area contributed by atoms with Gasteiger partial charge in [-0.15, -0.1) is 0 Å². The lowest BCUT2D eigenvalue weighted by atomic mass is 10.1. The minimum absolute atomic E-state index is 0.0198. The lowest BCUT2D eigenvalue weighted by Gasteiger charge is -2.08. The second kappa shape index (κ2) is 5.54. The third-order valence-corrected chi connectivity index (χ3v) is 2.70. The molecule has 0 aromatic heterocycles. The van der Waals surface area contributed by atoms with Crippen LogP contribution in [0.3, 0.4) is 0 Å². The molecule has 0 aliphatic heterocycles. The van der Waals surface area contributed by atoms with Crippen LogP contribution in [0.2, 0.25) is 0 Å². The van der Waals surface area contributed by atoms with Crippen molar-refractivity contribution < 1.29 is 14.6 Å². The Bertz CT molecular complexity index is 443. The fourth-order valence-electron chi connectivity index (χ4n) is 1.14. The van der Waals surface area contributed by atoms with Crippen LogP contribution in [0.5, 0.6) is 5.75 Å². The molecule has 0 amide bonds. The molecule has 1 N–H and O–H groups in total. The number of aromatic hydroxyl groups is 1. The van der Waals surface area contributed by atoms with Crippen LogP contribution in [-0.4, -0.2) is 11.1 Å². The van der Waals surface area contributed by atoms with E-state index in [1.54, 1.807) is 13.0 Å². The summed E-state index contributed by atoms with van der Waals surface area (Å²) in [5, 5.41) is 9.54. The molecule has 0 aliphatic carbocycles. The normalized spacial score (nSPS) is 9.94. The Morgan fingerprint density at radius 3 is 2.81 bits per heavy atom. The topological polar surface area (TPSA) is 46.5 Å². The fourth-order valence-corrected chi connectivity index (χ4v) is 2.03. The summed E-state index contributed by atoms with van der Waals surface area (Å²) in [5.41, 5.74) is 1.29. The Morgan fingerprint density at radius 2 is 2.25 bits per heavy atom. The zero-order valence-electron chi connectivity index (χ0n) is 8.59. The second-order valence-corrected chi connectivity index (χ2v) is 4.91. The van der Waals surface area contributed by atoms with Gasteiger partial charge in [-0.05, 0) is 47.2 Å². The monoisotopic (exact) mass is 352 g/mol.